The van der Waals surface area contributed by atoms with Crippen LogP contribution in [0.1, 0.15) is 20.3 Å². The van der Waals surface area contributed by atoms with Crippen LogP contribution in [-0.2, 0) is 14.6 Å². The number of carboxylic acid groups (broad SMARTS) is 1. The van der Waals surface area contributed by atoms with E-state index >= 15 is 0 Å². The van der Waals surface area contributed by atoms with Gasteiger partial charge < -0.3 is 15.3 Å². The lowest BCUT2D eigenvalue weighted by Crippen LogP contribution is -2.46. The number of carbonyl (C=O) groups excluding carboxylic acids is 1. The summed E-state index contributed by atoms with van der Waals surface area (Å²) in [6.07, 6.45) is 0.942. The molecule has 0 saturated heterocycles. The zero-order chi connectivity index (χ0) is 14.3. The number of nitrogens with zero attached hydrogens (tertiary/aromatic N) is 1. The highest BCUT2D eigenvalue weighted by atomic mass is 32.2. The van der Waals surface area contributed by atoms with Crippen LogP contribution in [0.2, 0.25) is 0 Å². The predicted molar refractivity (Wildman–Crippen MR) is 67.2 cm³/mol. The van der Waals surface area contributed by atoms with E-state index in [1.807, 2.05) is 0 Å². The maximum atomic E-state index is 11.7. The van der Waals surface area contributed by atoms with Crippen LogP contribution in [0.5, 0.6) is 0 Å². The van der Waals surface area contributed by atoms with E-state index in [0.717, 1.165) is 6.26 Å². The van der Waals surface area contributed by atoms with Crippen LogP contribution in [0.3, 0.4) is 0 Å². The summed E-state index contributed by atoms with van der Waals surface area (Å²) in [7, 11) is -3.12. The zero-order valence-corrected chi connectivity index (χ0v) is 11.7. The van der Waals surface area contributed by atoms with E-state index in [0.29, 0.717) is 6.54 Å². The van der Waals surface area contributed by atoms with E-state index in [1.165, 1.54) is 4.90 Å². The predicted octanol–water partition coefficient (Wildman–Crippen LogP) is -0.0743. The van der Waals surface area contributed by atoms with Gasteiger partial charge in [0.05, 0.1) is 12.2 Å². The van der Waals surface area contributed by atoms with Crippen molar-refractivity contribution in [3.63, 3.8) is 0 Å². The van der Waals surface area contributed by atoms with Crippen molar-refractivity contribution in [3.8, 4) is 0 Å². The van der Waals surface area contributed by atoms with Gasteiger partial charge in [0.2, 0.25) is 0 Å². The van der Waals surface area contributed by atoms with E-state index in [9.17, 15) is 18.0 Å². The molecular formula is C10H20N2O5S. The Balaban J connectivity index is 4.31. The summed E-state index contributed by atoms with van der Waals surface area (Å²) in [5, 5.41) is 11.1. The second-order valence-electron chi connectivity index (χ2n) is 4.09. The second-order valence-corrected chi connectivity index (χ2v) is 6.35. The summed E-state index contributed by atoms with van der Waals surface area (Å²) in [6.45, 7) is 3.75. The highest BCUT2D eigenvalue weighted by Crippen LogP contribution is 2.04. The average molecular weight is 280 g/mol. The Morgan fingerprint density at radius 2 is 1.94 bits per heavy atom. The minimum Gasteiger partial charge on any atom is -0.481 e. The summed E-state index contributed by atoms with van der Waals surface area (Å²) in [6, 6.07) is -0.888. The quantitative estimate of drug-likeness (QED) is 0.679. The molecule has 0 aromatic carbocycles. The fourth-order valence-electron chi connectivity index (χ4n) is 1.46. The van der Waals surface area contributed by atoms with Crippen molar-refractivity contribution in [2.45, 2.75) is 26.3 Å². The fraction of sp³-hybridized carbons (Fsp3) is 0.800. The first-order valence-electron chi connectivity index (χ1n) is 5.61. The van der Waals surface area contributed by atoms with Crippen molar-refractivity contribution in [3.05, 3.63) is 0 Å². The molecule has 0 aliphatic rings. The molecule has 1 atom stereocenters. The summed E-state index contributed by atoms with van der Waals surface area (Å²) in [5.41, 5.74) is 0. The van der Waals surface area contributed by atoms with Gasteiger partial charge in [-0.3, -0.25) is 4.79 Å². The van der Waals surface area contributed by atoms with Gasteiger partial charge in [0, 0.05) is 25.4 Å². The molecule has 0 bridgehead atoms. The number of urea groups is 1. The van der Waals surface area contributed by atoms with Crippen LogP contribution >= 0.6 is 0 Å². The van der Waals surface area contributed by atoms with Crippen LogP contribution in [0.25, 0.3) is 0 Å². The van der Waals surface area contributed by atoms with E-state index in [1.54, 1.807) is 13.8 Å². The minimum absolute atomic E-state index is 0.0218. The molecule has 0 heterocycles. The van der Waals surface area contributed by atoms with Crippen molar-refractivity contribution in [2.75, 3.05) is 25.1 Å². The maximum Gasteiger partial charge on any atom is 0.317 e. The molecule has 1 unspecified atom stereocenters. The van der Waals surface area contributed by atoms with Crippen LogP contribution in [0.4, 0.5) is 4.79 Å². The van der Waals surface area contributed by atoms with E-state index in [2.05, 4.69) is 5.32 Å². The summed E-state index contributed by atoms with van der Waals surface area (Å²) in [4.78, 5) is 23.6. The van der Waals surface area contributed by atoms with Gasteiger partial charge in [-0.1, -0.05) is 0 Å². The topological polar surface area (TPSA) is 104 Å². The van der Waals surface area contributed by atoms with Gasteiger partial charge in [-0.05, 0) is 13.8 Å². The monoisotopic (exact) mass is 280 g/mol. The zero-order valence-electron chi connectivity index (χ0n) is 10.8. The highest BCUT2D eigenvalue weighted by Gasteiger charge is 2.20. The Morgan fingerprint density at radius 3 is 2.33 bits per heavy atom. The normalized spacial score (nSPS) is 12.8. The van der Waals surface area contributed by atoms with E-state index in [-0.39, 0.29) is 18.7 Å². The number of sulfone groups is 1. The van der Waals surface area contributed by atoms with E-state index in [4.69, 9.17) is 5.11 Å². The number of hydrogen-bond acceptors (Lipinski definition) is 4. The molecule has 0 aliphatic carbocycles. The van der Waals surface area contributed by atoms with Crippen LogP contribution in [0.15, 0.2) is 0 Å². The largest absolute Gasteiger partial charge is 0.481 e. The number of carbonyl (C=O) groups is 2. The molecule has 7 nitrogen and oxygen atoms in total. The van der Waals surface area contributed by atoms with Crippen molar-refractivity contribution in [1.82, 2.24) is 10.2 Å². The molecule has 0 fully saturated rings. The van der Waals surface area contributed by atoms with Crippen LogP contribution in [0, 0.1) is 0 Å². The van der Waals surface area contributed by atoms with Crippen molar-refractivity contribution >= 4 is 21.8 Å². The number of carboxylic acids is 1. The first-order chi connectivity index (χ1) is 8.17. The number of nitrogens with one attached hydrogen (secondary N) is 1. The third kappa shape index (κ3) is 7.10. The Labute approximate surface area is 107 Å². The smallest absolute Gasteiger partial charge is 0.317 e. The van der Waals surface area contributed by atoms with Crippen molar-refractivity contribution in [2.24, 2.45) is 0 Å². The molecule has 2 N–H and O–H groups in total. The number of amides is 2. The van der Waals surface area contributed by atoms with Crippen LogP contribution in [-0.4, -0.2) is 61.6 Å². The standard InChI is InChI=1S/C10H20N2O5S/c1-4-12(8(2)7-9(13)14)10(15)11-5-6-18(3,16)17/h8H,4-7H2,1-3H3,(H,11,15)(H,13,14). The maximum absolute atomic E-state index is 11.7. The summed E-state index contributed by atoms with van der Waals surface area (Å²) in [5.74, 6) is -1.12. The fourth-order valence-corrected chi connectivity index (χ4v) is 1.94. The molecule has 0 aromatic heterocycles. The lowest BCUT2D eigenvalue weighted by molar-refractivity contribution is -0.138. The number of hydrogen-bond donors (Lipinski definition) is 2. The van der Waals surface area contributed by atoms with Gasteiger partial charge in [-0.25, -0.2) is 13.2 Å². The molecule has 0 aliphatic heterocycles. The summed E-state index contributed by atoms with van der Waals surface area (Å²) >= 11 is 0. The third-order valence-corrected chi connectivity index (χ3v) is 3.30. The minimum atomic E-state index is -3.12. The lowest BCUT2D eigenvalue weighted by atomic mass is 10.2. The van der Waals surface area contributed by atoms with Crippen LogP contribution < -0.4 is 5.32 Å². The molecule has 8 heteroatoms. The summed E-state index contributed by atoms with van der Waals surface area (Å²) < 4.78 is 21.8. The van der Waals surface area contributed by atoms with Gasteiger partial charge in [0.1, 0.15) is 9.84 Å². The SMILES string of the molecule is CCN(C(=O)NCCS(C)(=O)=O)C(C)CC(=O)O. The van der Waals surface area contributed by atoms with Crippen molar-refractivity contribution < 1.29 is 23.1 Å². The van der Waals surface area contributed by atoms with Gasteiger partial charge in [0.25, 0.3) is 0 Å². The van der Waals surface area contributed by atoms with Gasteiger partial charge in [-0.2, -0.15) is 0 Å². The molecule has 0 aromatic rings. The third-order valence-electron chi connectivity index (χ3n) is 2.35. The first kappa shape index (κ1) is 16.7. The molecular weight excluding hydrogens is 260 g/mol. The molecule has 18 heavy (non-hydrogen) atoms. The number of aliphatic carboxylic acids is 1. The van der Waals surface area contributed by atoms with Gasteiger partial charge in [-0.15, -0.1) is 0 Å². The Hall–Kier alpha value is -1.31. The number of rotatable bonds is 7. The average Bonchev–Trinajstić information content (AvgIpc) is 2.15. The Morgan fingerprint density at radius 1 is 1.39 bits per heavy atom. The Kier molecular flexibility index (Phi) is 6.67. The molecule has 106 valence electrons. The molecule has 2 amide bonds. The Bertz CT molecular complexity index is 393. The molecule has 0 rings (SSSR count). The first-order valence-corrected chi connectivity index (χ1v) is 7.67. The lowest BCUT2D eigenvalue weighted by Gasteiger charge is -2.27. The molecule has 0 saturated carbocycles. The highest BCUT2D eigenvalue weighted by molar-refractivity contribution is 7.90. The molecule has 0 radical (unpaired) electrons. The van der Waals surface area contributed by atoms with Gasteiger partial charge >= 0.3 is 12.0 Å². The molecule has 0 spiro atoms. The second kappa shape index (κ2) is 7.20. The van der Waals surface area contributed by atoms with Crippen molar-refractivity contribution in [1.29, 1.82) is 0 Å². The van der Waals surface area contributed by atoms with E-state index < -0.39 is 27.9 Å². The van der Waals surface area contributed by atoms with Gasteiger partial charge in [0.15, 0.2) is 0 Å².